The van der Waals surface area contributed by atoms with E-state index in [2.05, 4.69) is 0 Å². The third-order valence-electron chi connectivity index (χ3n) is 2.73. The summed E-state index contributed by atoms with van der Waals surface area (Å²) < 4.78 is 13.0. The maximum Gasteiger partial charge on any atom is 0.312 e. The van der Waals surface area contributed by atoms with Crippen molar-refractivity contribution in [2.45, 2.75) is 26.9 Å². The molecule has 2 N–H and O–H groups in total. The Labute approximate surface area is 93.5 Å². The number of aliphatic hydroxyl groups excluding tert-OH is 1. The number of carbonyl (C=O) groups is 1. The first-order valence-corrected chi connectivity index (χ1v) is 4.94. The SMILES string of the molecule is Cc1cc(C(O)C(C)(C)C(=O)O)ccc1F. The Morgan fingerprint density at radius 2 is 2.00 bits per heavy atom. The van der Waals surface area contributed by atoms with Gasteiger partial charge in [-0.3, -0.25) is 4.79 Å². The number of aryl methyl sites for hydroxylation is 1. The number of aliphatic carboxylic acids is 1. The summed E-state index contributed by atoms with van der Waals surface area (Å²) in [5.74, 6) is -1.47. The van der Waals surface area contributed by atoms with Crippen LogP contribution in [0.15, 0.2) is 18.2 Å². The van der Waals surface area contributed by atoms with Crippen molar-refractivity contribution in [2.75, 3.05) is 0 Å². The van der Waals surface area contributed by atoms with Crippen LogP contribution in [0, 0.1) is 18.2 Å². The average Bonchev–Trinajstić information content (AvgIpc) is 2.20. The van der Waals surface area contributed by atoms with Gasteiger partial charge in [-0.25, -0.2) is 4.39 Å². The number of hydrogen-bond donors (Lipinski definition) is 2. The van der Waals surface area contributed by atoms with Gasteiger partial charge in [0.15, 0.2) is 0 Å². The van der Waals surface area contributed by atoms with Gasteiger partial charge in [-0.05, 0) is 38.0 Å². The minimum Gasteiger partial charge on any atom is -0.481 e. The van der Waals surface area contributed by atoms with E-state index in [0.717, 1.165) is 0 Å². The molecule has 0 bridgehead atoms. The molecule has 16 heavy (non-hydrogen) atoms. The number of benzene rings is 1. The lowest BCUT2D eigenvalue weighted by molar-refractivity contribution is -0.153. The Morgan fingerprint density at radius 3 is 2.44 bits per heavy atom. The lowest BCUT2D eigenvalue weighted by atomic mass is 9.82. The molecule has 4 heteroatoms. The molecule has 3 nitrogen and oxygen atoms in total. The fourth-order valence-corrected chi connectivity index (χ4v) is 1.37. The molecule has 1 aromatic rings. The van der Waals surface area contributed by atoms with Gasteiger partial charge in [0.2, 0.25) is 0 Å². The van der Waals surface area contributed by atoms with Crippen LogP contribution in [-0.2, 0) is 4.79 Å². The van der Waals surface area contributed by atoms with Crippen molar-refractivity contribution >= 4 is 5.97 Å². The number of carboxylic acids is 1. The van der Waals surface area contributed by atoms with E-state index in [9.17, 15) is 14.3 Å². The second kappa shape index (κ2) is 4.22. The van der Waals surface area contributed by atoms with Gasteiger partial charge in [0.1, 0.15) is 5.82 Å². The zero-order chi connectivity index (χ0) is 12.5. The van der Waals surface area contributed by atoms with Gasteiger partial charge < -0.3 is 10.2 Å². The van der Waals surface area contributed by atoms with Gasteiger partial charge in [-0.15, -0.1) is 0 Å². The predicted octanol–water partition coefficient (Wildman–Crippen LogP) is 2.28. The fourth-order valence-electron chi connectivity index (χ4n) is 1.37. The van der Waals surface area contributed by atoms with E-state index in [1.807, 2.05) is 0 Å². The van der Waals surface area contributed by atoms with Crippen molar-refractivity contribution < 1.29 is 19.4 Å². The maximum absolute atomic E-state index is 13.0. The molecule has 0 aromatic heterocycles. The standard InChI is InChI=1S/C12H15FO3/c1-7-6-8(4-5-9(7)13)10(14)12(2,3)11(15)16/h4-6,10,14H,1-3H3,(H,15,16). The molecule has 0 saturated carbocycles. The Balaban J connectivity index is 3.10. The van der Waals surface area contributed by atoms with Gasteiger partial charge in [0.25, 0.3) is 0 Å². The summed E-state index contributed by atoms with van der Waals surface area (Å²) in [6.45, 7) is 4.43. The Morgan fingerprint density at radius 1 is 1.44 bits per heavy atom. The van der Waals surface area contributed by atoms with Gasteiger partial charge in [-0.1, -0.05) is 12.1 Å². The van der Waals surface area contributed by atoms with Crippen molar-refractivity contribution in [3.05, 3.63) is 35.1 Å². The summed E-state index contributed by atoms with van der Waals surface area (Å²) >= 11 is 0. The maximum atomic E-state index is 13.0. The van der Waals surface area contributed by atoms with Crippen LogP contribution in [0.3, 0.4) is 0 Å². The first-order chi connectivity index (χ1) is 7.26. The Hall–Kier alpha value is -1.42. The van der Waals surface area contributed by atoms with Crippen LogP contribution in [-0.4, -0.2) is 16.2 Å². The smallest absolute Gasteiger partial charge is 0.312 e. The van der Waals surface area contributed by atoms with E-state index in [-0.39, 0.29) is 5.82 Å². The lowest BCUT2D eigenvalue weighted by Gasteiger charge is -2.26. The van der Waals surface area contributed by atoms with Crippen LogP contribution in [0.5, 0.6) is 0 Å². The topological polar surface area (TPSA) is 57.5 Å². The van der Waals surface area contributed by atoms with E-state index in [1.165, 1.54) is 32.0 Å². The summed E-state index contributed by atoms with van der Waals surface area (Å²) in [4.78, 5) is 11.0. The molecular formula is C12H15FO3. The monoisotopic (exact) mass is 226 g/mol. The molecule has 1 rings (SSSR count). The number of halogens is 1. The van der Waals surface area contributed by atoms with Crippen molar-refractivity contribution in [2.24, 2.45) is 5.41 Å². The lowest BCUT2D eigenvalue weighted by Crippen LogP contribution is -2.31. The van der Waals surface area contributed by atoms with Crippen LogP contribution in [0.2, 0.25) is 0 Å². The van der Waals surface area contributed by atoms with Gasteiger partial charge >= 0.3 is 5.97 Å². The highest BCUT2D eigenvalue weighted by molar-refractivity contribution is 5.74. The summed E-state index contributed by atoms with van der Waals surface area (Å²) in [6.07, 6.45) is -1.16. The zero-order valence-corrected chi connectivity index (χ0v) is 9.49. The largest absolute Gasteiger partial charge is 0.481 e. The molecule has 0 fully saturated rings. The second-order valence-electron chi connectivity index (χ2n) is 4.44. The van der Waals surface area contributed by atoms with Crippen LogP contribution in [0.25, 0.3) is 0 Å². The zero-order valence-electron chi connectivity index (χ0n) is 9.49. The van der Waals surface area contributed by atoms with Crippen molar-refractivity contribution in [1.82, 2.24) is 0 Å². The molecule has 1 unspecified atom stereocenters. The Kier molecular flexibility index (Phi) is 3.33. The quantitative estimate of drug-likeness (QED) is 0.831. The number of rotatable bonds is 3. The van der Waals surface area contributed by atoms with E-state index in [1.54, 1.807) is 6.92 Å². The highest BCUT2D eigenvalue weighted by atomic mass is 19.1. The molecule has 1 atom stereocenters. The highest BCUT2D eigenvalue weighted by Crippen LogP contribution is 2.33. The summed E-state index contributed by atoms with van der Waals surface area (Å²) in [5.41, 5.74) is -0.506. The molecule has 0 aliphatic rings. The molecule has 0 saturated heterocycles. The van der Waals surface area contributed by atoms with E-state index >= 15 is 0 Å². The molecule has 0 aliphatic heterocycles. The second-order valence-corrected chi connectivity index (χ2v) is 4.44. The number of hydrogen-bond acceptors (Lipinski definition) is 2. The minimum absolute atomic E-state index is 0.371. The third-order valence-corrected chi connectivity index (χ3v) is 2.73. The molecule has 0 heterocycles. The first kappa shape index (κ1) is 12.6. The normalized spacial score (nSPS) is 13.6. The molecule has 0 aliphatic carbocycles. The summed E-state index contributed by atoms with van der Waals surface area (Å²) in [5, 5.41) is 18.9. The minimum atomic E-state index is -1.30. The van der Waals surface area contributed by atoms with Crippen LogP contribution in [0.1, 0.15) is 31.1 Å². The molecule has 0 spiro atoms. The third kappa shape index (κ3) is 2.22. The predicted molar refractivity (Wildman–Crippen MR) is 57.5 cm³/mol. The van der Waals surface area contributed by atoms with Crippen LogP contribution in [0.4, 0.5) is 4.39 Å². The van der Waals surface area contributed by atoms with Gasteiger partial charge in [-0.2, -0.15) is 0 Å². The number of carboxylic acid groups (broad SMARTS) is 1. The highest BCUT2D eigenvalue weighted by Gasteiger charge is 2.36. The molecule has 1 aromatic carbocycles. The van der Waals surface area contributed by atoms with E-state index in [4.69, 9.17) is 5.11 Å². The summed E-state index contributed by atoms with van der Waals surface area (Å²) in [6, 6.07) is 4.09. The van der Waals surface area contributed by atoms with Gasteiger partial charge in [0.05, 0.1) is 11.5 Å². The van der Waals surface area contributed by atoms with Crippen molar-refractivity contribution in [3.8, 4) is 0 Å². The molecule has 0 radical (unpaired) electrons. The van der Waals surface area contributed by atoms with E-state index < -0.39 is 17.5 Å². The molecule has 88 valence electrons. The van der Waals surface area contributed by atoms with Crippen molar-refractivity contribution in [3.63, 3.8) is 0 Å². The van der Waals surface area contributed by atoms with Gasteiger partial charge in [0, 0.05) is 0 Å². The number of aliphatic hydroxyl groups is 1. The first-order valence-electron chi connectivity index (χ1n) is 4.94. The van der Waals surface area contributed by atoms with E-state index in [0.29, 0.717) is 11.1 Å². The van der Waals surface area contributed by atoms with Crippen LogP contribution >= 0.6 is 0 Å². The molecular weight excluding hydrogens is 211 g/mol. The fraction of sp³-hybridized carbons (Fsp3) is 0.417. The average molecular weight is 226 g/mol. The Bertz CT molecular complexity index is 413. The van der Waals surface area contributed by atoms with Crippen molar-refractivity contribution in [1.29, 1.82) is 0 Å². The van der Waals surface area contributed by atoms with Crippen LogP contribution < -0.4 is 0 Å². The summed E-state index contributed by atoms with van der Waals surface area (Å²) in [7, 11) is 0. The molecule has 0 amide bonds.